The van der Waals surface area contributed by atoms with Gasteiger partial charge in [-0.2, -0.15) is 0 Å². The second-order valence-corrected chi connectivity index (χ2v) is 11.3. The van der Waals surface area contributed by atoms with Gasteiger partial charge in [-0.1, -0.05) is 95.1 Å². The first kappa shape index (κ1) is 18.2. The zero-order chi connectivity index (χ0) is 21.4. The number of para-hydroxylation sites is 1. The fraction of sp³-hybridized carbons (Fsp3) is 0.379. The number of nitrogens with zero attached hydrogens (tertiary/aromatic N) is 1. The largest absolute Gasteiger partial charge is 0.309 e. The van der Waals surface area contributed by atoms with Crippen molar-refractivity contribution >= 4 is 17.1 Å². The molecule has 0 radical (unpaired) electrons. The van der Waals surface area contributed by atoms with Crippen LogP contribution in [-0.2, 0) is 16.2 Å². The Labute approximate surface area is 180 Å². The number of benzene rings is 3. The standard InChI is InChI=1S/C29H31N/c1-16-12-20-25-22(14-16)29(7,8)23-15-17(2)13-21-26(23)30(25)24-18(27(20,3)4)10-9-11-19(24)28(21,5)6/h9-15H,1-8H3. The van der Waals surface area contributed by atoms with Gasteiger partial charge in [-0.15, -0.1) is 0 Å². The van der Waals surface area contributed by atoms with Crippen molar-refractivity contribution in [3.05, 3.63) is 87.0 Å². The Morgan fingerprint density at radius 3 is 1.17 bits per heavy atom. The predicted molar refractivity (Wildman–Crippen MR) is 127 cm³/mol. The van der Waals surface area contributed by atoms with Crippen molar-refractivity contribution < 1.29 is 0 Å². The maximum absolute atomic E-state index is 2.64. The van der Waals surface area contributed by atoms with E-state index in [4.69, 9.17) is 0 Å². The quantitative estimate of drug-likeness (QED) is 0.378. The number of aryl methyl sites for hydroxylation is 2. The molecule has 3 aromatic carbocycles. The van der Waals surface area contributed by atoms with Crippen LogP contribution in [0.3, 0.4) is 0 Å². The van der Waals surface area contributed by atoms with E-state index < -0.39 is 0 Å². The summed E-state index contributed by atoms with van der Waals surface area (Å²) in [7, 11) is 0. The molecule has 0 atom stereocenters. The first-order chi connectivity index (χ1) is 14.0. The van der Waals surface area contributed by atoms with Crippen LogP contribution in [0.5, 0.6) is 0 Å². The predicted octanol–water partition coefficient (Wildman–Crippen LogP) is 7.69. The fourth-order valence-corrected chi connectivity index (χ4v) is 6.51. The van der Waals surface area contributed by atoms with Crippen molar-refractivity contribution in [3.8, 4) is 0 Å². The second-order valence-electron chi connectivity index (χ2n) is 11.3. The minimum Gasteiger partial charge on any atom is -0.309 e. The van der Waals surface area contributed by atoms with E-state index in [9.17, 15) is 0 Å². The third kappa shape index (κ3) is 1.82. The molecule has 3 aromatic rings. The van der Waals surface area contributed by atoms with Crippen LogP contribution in [0.2, 0.25) is 0 Å². The molecule has 0 amide bonds. The first-order valence-electron chi connectivity index (χ1n) is 11.2. The normalized spacial score (nSPS) is 20.1. The summed E-state index contributed by atoms with van der Waals surface area (Å²) in [6.07, 6.45) is 0. The lowest BCUT2D eigenvalue weighted by Crippen LogP contribution is -2.43. The second kappa shape index (κ2) is 5.02. The zero-order valence-corrected chi connectivity index (χ0v) is 19.5. The van der Waals surface area contributed by atoms with E-state index in [0.29, 0.717) is 0 Å². The Morgan fingerprint density at radius 2 is 0.800 bits per heavy atom. The zero-order valence-electron chi connectivity index (χ0n) is 19.5. The molecular weight excluding hydrogens is 362 g/mol. The highest BCUT2D eigenvalue weighted by Gasteiger charge is 2.51. The van der Waals surface area contributed by atoms with E-state index in [1.165, 1.54) is 61.6 Å². The van der Waals surface area contributed by atoms with Crippen LogP contribution in [0.15, 0.2) is 42.5 Å². The van der Waals surface area contributed by atoms with Gasteiger partial charge in [0.1, 0.15) is 0 Å². The highest BCUT2D eigenvalue weighted by atomic mass is 15.2. The van der Waals surface area contributed by atoms with Crippen LogP contribution in [0.1, 0.15) is 86.1 Å². The van der Waals surface area contributed by atoms with E-state index in [1.54, 1.807) is 0 Å². The summed E-state index contributed by atoms with van der Waals surface area (Å²) >= 11 is 0. The molecule has 3 heterocycles. The van der Waals surface area contributed by atoms with Gasteiger partial charge >= 0.3 is 0 Å². The molecule has 0 bridgehead atoms. The van der Waals surface area contributed by atoms with E-state index in [0.717, 1.165) is 0 Å². The van der Waals surface area contributed by atoms with Gasteiger partial charge in [-0.25, -0.2) is 0 Å². The summed E-state index contributed by atoms with van der Waals surface area (Å²) in [6.45, 7) is 19.0. The lowest BCUT2D eigenvalue weighted by Gasteiger charge is -2.55. The Bertz CT molecular complexity index is 1190. The molecule has 1 heteroatoms. The van der Waals surface area contributed by atoms with Gasteiger partial charge in [0.2, 0.25) is 0 Å². The Hall–Kier alpha value is -2.54. The van der Waals surface area contributed by atoms with Gasteiger partial charge < -0.3 is 4.90 Å². The average Bonchev–Trinajstić information content (AvgIpc) is 2.66. The SMILES string of the molecule is Cc1cc2c3c(c1)C(C)(C)c1cc(C)cc4c1N3c1c(cccc1C4(C)C)C2(C)C. The molecule has 0 saturated heterocycles. The summed E-state index contributed by atoms with van der Waals surface area (Å²) in [4.78, 5) is 2.64. The van der Waals surface area contributed by atoms with Gasteiger partial charge in [0.15, 0.2) is 0 Å². The van der Waals surface area contributed by atoms with Crippen LogP contribution in [0.25, 0.3) is 0 Å². The molecule has 0 N–H and O–H groups in total. The Kier molecular flexibility index (Phi) is 3.05. The van der Waals surface area contributed by atoms with Crippen LogP contribution < -0.4 is 4.90 Å². The average molecular weight is 394 g/mol. The van der Waals surface area contributed by atoms with Crippen molar-refractivity contribution in [1.29, 1.82) is 0 Å². The monoisotopic (exact) mass is 393 g/mol. The highest BCUT2D eigenvalue weighted by Crippen LogP contribution is 2.66. The Morgan fingerprint density at radius 1 is 0.500 bits per heavy atom. The highest BCUT2D eigenvalue weighted by molar-refractivity contribution is 5.98. The molecule has 0 aliphatic carbocycles. The van der Waals surface area contributed by atoms with Crippen LogP contribution >= 0.6 is 0 Å². The van der Waals surface area contributed by atoms with Gasteiger partial charge in [0.25, 0.3) is 0 Å². The molecular formula is C29H31N. The molecule has 30 heavy (non-hydrogen) atoms. The molecule has 6 rings (SSSR count). The molecule has 1 nitrogen and oxygen atoms in total. The maximum Gasteiger partial charge on any atom is 0.0544 e. The smallest absolute Gasteiger partial charge is 0.0544 e. The van der Waals surface area contributed by atoms with E-state index in [-0.39, 0.29) is 16.2 Å². The number of anilines is 3. The topological polar surface area (TPSA) is 3.24 Å². The summed E-state index contributed by atoms with van der Waals surface area (Å²) < 4.78 is 0. The minimum absolute atomic E-state index is 0.0240. The van der Waals surface area contributed by atoms with E-state index >= 15 is 0 Å². The molecule has 0 aromatic heterocycles. The van der Waals surface area contributed by atoms with Crippen LogP contribution in [-0.4, -0.2) is 0 Å². The minimum atomic E-state index is -0.0291. The summed E-state index contributed by atoms with van der Waals surface area (Å²) in [6, 6.07) is 16.7. The number of hydrogen-bond donors (Lipinski definition) is 0. The molecule has 0 spiro atoms. The lowest BCUT2D eigenvalue weighted by atomic mass is 9.60. The van der Waals surface area contributed by atoms with Crippen molar-refractivity contribution in [2.45, 2.75) is 71.6 Å². The molecule has 3 aliphatic rings. The molecule has 152 valence electrons. The fourth-order valence-electron chi connectivity index (χ4n) is 6.51. The summed E-state index contributed by atoms with van der Waals surface area (Å²) in [5.41, 5.74) is 15.7. The number of hydrogen-bond acceptors (Lipinski definition) is 1. The van der Waals surface area contributed by atoms with Gasteiger partial charge in [-0.05, 0) is 47.2 Å². The van der Waals surface area contributed by atoms with Crippen LogP contribution in [0.4, 0.5) is 17.1 Å². The maximum atomic E-state index is 2.64. The Balaban J connectivity index is 1.90. The van der Waals surface area contributed by atoms with Crippen LogP contribution in [0, 0.1) is 13.8 Å². The van der Waals surface area contributed by atoms with Crippen molar-refractivity contribution in [3.63, 3.8) is 0 Å². The lowest BCUT2D eigenvalue weighted by molar-refractivity contribution is 0.565. The summed E-state index contributed by atoms with van der Waals surface area (Å²) in [5, 5.41) is 0. The van der Waals surface area contributed by atoms with Gasteiger partial charge in [0, 0.05) is 16.2 Å². The molecule has 0 fully saturated rings. The van der Waals surface area contributed by atoms with E-state index in [1.807, 2.05) is 0 Å². The third-order valence-corrected chi connectivity index (χ3v) is 8.26. The first-order valence-corrected chi connectivity index (χ1v) is 11.2. The van der Waals surface area contributed by atoms with Crippen molar-refractivity contribution in [2.75, 3.05) is 4.90 Å². The molecule has 0 unspecified atom stereocenters. The van der Waals surface area contributed by atoms with Gasteiger partial charge in [0.05, 0.1) is 17.1 Å². The van der Waals surface area contributed by atoms with E-state index in [2.05, 4.69) is 103 Å². The molecule has 3 aliphatic heterocycles. The summed E-state index contributed by atoms with van der Waals surface area (Å²) in [5.74, 6) is 0. The molecule has 0 saturated carbocycles. The third-order valence-electron chi connectivity index (χ3n) is 8.26. The van der Waals surface area contributed by atoms with Crippen molar-refractivity contribution in [2.24, 2.45) is 0 Å². The van der Waals surface area contributed by atoms with Crippen molar-refractivity contribution in [1.82, 2.24) is 0 Å². The van der Waals surface area contributed by atoms with Gasteiger partial charge in [-0.3, -0.25) is 0 Å². The number of rotatable bonds is 0.